The molecule has 0 fully saturated rings. The Labute approximate surface area is 77.3 Å². The van der Waals surface area contributed by atoms with Gasteiger partial charge in [0, 0.05) is 19.5 Å². The van der Waals surface area contributed by atoms with Crippen molar-refractivity contribution in [1.29, 1.82) is 0 Å². The summed E-state index contributed by atoms with van der Waals surface area (Å²) >= 11 is 0. The molecule has 0 aliphatic carbocycles. The summed E-state index contributed by atoms with van der Waals surface area (Å²) in [6, 6.07) is -0.314. The molecular weight excluding hydrogens is 172 g/mol. The van der Waals surface area contributed by atoms with Crippen LogP contribution in [0.15, 0.2) is 0 Å². The van der Waals surface area contributed by atoms with E-state index in [4.69, 9.17) is 10.8 Å². The molecule has 0 aromatic heterocycles. The van der Waals surface area contributed by atoms with Crippen molar-refractivity contribution >= 4 is 11.9 Å². The van der Waals surface area contributed by atoms with Crippen molar-refractivity contribution in [2.24, 2.45) is 5.73 Å². The van der Waals surface area contributed by atoms with E-state index in [1.54, 1.807) is 0 Å². The van der Waals surface area contributed by atoms with E-state index < -0.39 is 5.97 Å². The van der Waals surface area contributed by atoms with Gasteiger partial charge in [-0.25, -0.2) is 0 Å². The van der Waals surface area contributed by atoms with Gasteiger partial charge in [-0.3, -0.25) is 9.59 Å². The highest BCUT2D eigenvalue weighted by Crippen LogP contribution is 1.97. The molecule has 0 aromatic carbocycles. The first-order valence-corrected chi connectivity index (χ1v) is 4.24. The number of hydrogen-bond donors (Lipinski definition) is 3. The Hall–Kier alpha value is -1.10. The fourth-order valence-electron chi connectivity index (χ4n) is 0.955. The summed E-state index contributed by atoms with van der Waals surface area (Å²) in [7, 11) is 0. The second kappa shape index (κ2) is 6.42. The summed E-state index contributed by atoms with van der Waals surface area (Å²) in [6.07, 6.45) is 1.32. The molecule has 13 heavy (non-hydrogen) atoms. The van der Waals surface area contributed by atoms with Gasteiger partial charge in [0.1, 0.15) is 0 Å². The van der Waals surface area contributed by atoms with Crippen LogP contribution in [0.1, 0.15) is 26.2 Å². The zero-order chi connectivity index (χ0) is 10.3. The Bertz CT molecular complexity index is 182. The minimum absolute atomic E-state index is 0.0138. The maximum atomic E-state index is 10.4. The third kappa shape index (κ3) is 8.81. The fourth-order valence-corrected chi connectivity index (χ4v) is 0.955. The van der Waals surface area contributed by atoms with E-state index in [-0.39, 0.29) is 18.4 Å². The quantitative estimate of drug-likeness (QED) is 0.499. The number of amides is 1. The Morgan fingerprint density at radius 2 is 2.15 bits per heavy atom. The van der Waals surface area contributed by atoms with Crippen LogP contribution in [-0.2, 0) is 9.59 Å². The number of rotatable bonds is 6. The Kier molecular flexibility index (Phi) is 5.88. The average Bonchev–Trinajstić information content (AvgIpc) is 1.96. The zero-order valence-corrected chi connectivity index (χ0v) is 7.75. The maximum Gasteiger partial charge on any atom is 0.304 e. The van der Waals surface area contributed by atoms with Gasteiger partial charge < -0.3 is 16.2 Å². The molecular formula is C8H16N2O3. The van der Waals surface area contributed by atoms with Crippen LogP contribution in [-0.4, -0.2) is 29.6 Å². The highest BCUT2D eigenvalue weighted by atomic mass is 16.4. The van der Waals surface area contributed by atoms with Crippen LogP contribution in [0, 0.1) is 0 Å². The maximum absolute atomic E-state index is 10.4. The summed E-state index contributed by atoms with van der Waals surface area (Å²) in [6.45, 7) is 2.00. The number of aliphatic carboxylic acids is 1. The first-order chi connectivity index (χ1) is 6.02. The zero-order valence-electron chi connectivity index (χ0n) is 7.75. The molecule has 0 rings (SSSR count). The molecule has 1 amide bonds. The number of hydrogen-bond acceptors (Lipinski definition) is 3. The summed E-state index contributed by atoms with van der Waals surface area (Å²) in [5.74, 6) is -0.959. The number of carbonyl (C=O) groups is 2. The van der Waals surface area contributed by atoms with Crippen LogP contribution in [0.2, 0.25) is 0 Å². The van der Waals surface area contributed by atoms with Gasteiger partial charge in [-0.1, -0.05) is 0 Å². The molecule has 0 heterocycles. The molecule has 5 nitrogen and oxygen atoms in total. The molecule has 0 aromatic rings. The number of nitrogens with two attached hydrogens (primary N) is 1. The van der Waals surface area contributed by atoms with Crippen LogP contribution in [0.5, 0.6) is 0 Å². The Morgan fingerprint density at radius 3 is 2.62 bits per heavy atom. The molecule has 0 aliphatic rings. The van der Waals surface area contributed by atoms with Crippen LogP contribution < -0.4 is 11.1 Å². The van der Waals surface area contributed by atoms with Crippen molar-refractivity contribution in [3.63, 3.8) is 0 Å². The summed E-state index contributed by atoms with van der Waals surface area (Å²) in [5, 5.41) is 11.0. The van der Waals surface area contributed by atoms with Gasteiger partial charge in [0.05, 0.1) is 6.42 Å². The third-order valence-electron chi connectivity index (χ3n) is 1.56. The fraction of sp³-hybridized carbons (Fsp3) is 0.750. The highest BCUT2D eigenvalue weighted by Gasteiger charge is 2.06. The van der Waals surface area contributed by atoms with Crippen LogP contribution in [0.25, 0.3) is 0 Å². The number of carbonyl (C=O) groups excluding carboxylic acids is 1. The van der Waals surface area contributed by atoms with Crippen LogP contribution in [0.4, 0.5) is 0 Å². The number of carboxylic acids is 1. The SMILES string of the molecule is CC(=O)NCCC[C@@H](N)CC(=O)O. The standard InChI is InChI=1S/C8H16N2O3/c1-6(11)10-4-2-3-7(9)5-8(12)13/h7H,2-5,9H2,1H3,(H,10,11)(H,12,13)/t7-/m1/s1. The molecule has 4 N–H and O–H groups in total. The van der Waals surface area contributed by atoms with Gasteiger partial charge in [-0.05, 0) is 12.8 Å². The first kappa shape index (κ1) is 11.9. The van der Waals surface area contributed by atoms with Gasteiger partial charge in [-0.2, -0.15) is 0 Å². The van der Waals surface area contributed by atoms with Gasteiger partial charge >= 0.3 is 5.97 Å². The molecule has 0 unspecified atom stereocenters. The van der Waals surface area contributed by atoms with Gasteiger partial charge in [0.15, 0.2) is 0 Å². The number of nitrogens with one attached hydrogen (secondary N) is 1. The second-order valence-electron chi connectivity index (χ2n) is 2.98. The van der Waals surface area contributed by atoms with E-state index >= 15 is 0 Å². The summed E-state index contributed by atoms with van der Waals surface area (Å²) in [5.41, 5.74) is 5.50. The van der Waals surface area contributed by atoms with E-state index in [9.17, 15) is 9.59 Å². The molecule has 0 aliphatic heterocycles. The summed E-state index contributed by atoms with van der Waals surface area (Å²) < 4.78 is 0. The van der Waals surface area contributed by atoms with Crippen molar-refractivity contribution in [1.82, 2.24) is 5.32 Å². The molecule has 0 saturated heterocycles. The largest absolute Gasteiger partial charge is 0.481 e. The molecule has 1 atom stereocenters. The highest BCUT2D eigenvalue weighted by molar-refractivity contribution is 5.72. The Morgan fingerprint density at radius 1 is 1.54 bits per heavy atom. The molecule has 0 radical (unpaired) electrons. The Balaban J connectivity index is 3.31. The van der Waals surface area contributed by atoms with Crippen molar-refractivity contribution in [2.45, 2.75) is 32.2 Å². The molecule has 0 spiro atoms. The van der Waals surface area contributed by atoms with Crippen molar-refractivity contribution < 1.29 is 14.7 Å². The molecule has 0 bridgehead atoms. The first-order valence-electron chi connectivity index (χ1n) is 4.24. The lowest BCUT2D eigenvalue weighted by Gasteiger charge is -2.08. The van der Waals surface area contributed by atoms with E-state index in [1.165, 1.54) is 6.92 Å². The molecule has 76 valence electrons. The average molecular weight is 188 g/mol. The van der Waals surface area contributed by atoms with E-state index in [1.807, 2.05) is 0 Å². The lowest BCUT2D eigenvalue weighted by Crippen LogP contribution is -2.26. The van der Waals surface area contributed by atoms with Crippen molar-refractivity contribution in [3.8, 4) is 0 Å². The predicted octanol–water partition coefficient (Wildman–Crippen LogP) is -0.295. The normalized spacial score (nSPS) is 12.2. The van der Waals surface area contributed by atoms with Crippen LogP contribution in [0.3, 0.4) is 0 Å². The van der Waals surface area contributed by atoms with Gasteiger partial charge in [0.2, 0.25) is 5.91 Å². The third-order valence-corrected chi connectivity index (χ3v) is 1.56. The van der Waals surface area contributed by atoms with Gasteiger partial charge in [0.25, 0.3) is 0 Å². The lowest BCUT2D eigenvalue weighted by molar-refractivity contribution is -0.137. The van der Waals surface area contributed by atoms with Gasteiger partial charge in [-0.15, -0.1) is 0 Å². The summed E-state index contributed by atoms with van der Waals surface area (Å²) in [4.78, 5) is 20.6. The van der Waals surface area contributed by atoms with E-state index in [0.717, 1.165) is 0 Å². The van der Waals surface area contributed by atoms with Crippen molar-refractivity contribution in [2.75, 3.05) is 6.54 Å². The topological polar surface area (TPSA) is 92.4 Å². The monoisotopic (exact) mass is 188 g/mol. The minimum atomic E-state index is -0.882. The second-order valence-corrected chi connectivity index (χ2v) is 2.98. The molecule has 5 heteroatoms. The van der Waals surface area contributed by atoms with Crippen LogP contribution >= 0.6 is 0 Å². The van der Waals surface area contributed by atoms with E-state index in [0.29, 0.717) is 19.4 Å². The van der Waals surface area contributed by atoms with Crippen molar-refractivity contribution in [3.05, 3.63) is 0 Å². The minimum Gasteiger partial charge on any atom is -0.481 e. The lowest BCUT2D eigenvalue weighted by atomic mass is 10.1. The van der Waals surface area contributed by atoms with E-state index in [2.05, 4.69) is 5.32 Å². The molecule has 0 saturated carbocycles. The smallest absolute Gasteiger partial charge is 0.304 e. The predicted molar refractivity (Wildman–Crippen MR) is 48.1 cm³/mol. The number of carboxylic acid groups (broad SMARTS) is 1.